The van der Waals surface area contributed by atoms with E-state index >= 15 is 0 Å². The Bertz CT molecular complexity index is 407. The Labute approximate surface area is 110 Å². The second-order valence-electron chi connectivity index (χ2n) is 4.37. The highest BCUT2D eigenvalue weighted by Gasteiger charge is 2.26. The second kappa shape index (κ2) is 6.83. The minimum absolute atomic E-state index is 0.0276. The van der Waals surface area contributed by atoms with Crippen LogP contribution in [-0.4, -0.2) is 59.8 Å². The van der Waals surface area contributed by atoms with Gasteiger partial charge in [-0.25, -0.2) is 14.6 Å². The summed E-state index contributed by atoms with van der Waals surface area (Å²) < 4.78 is 0. The first kappa shape index (κ1) is 15.1. The van der Waals surface area contributed by atoms with Crippen LogP contribution in [0.1, 0.15) is 19.3 Å². The summed E-state index contributed by atoms with van der Waals surface area (Å²) in [6, 6.07) is -1.46. The maximum atomic E-state index is 11.5. The van der Waals surface area contributed by atoms with Gasteiger partial charge in [0.2, 0.25) is 5.91 Å². The Balaban J connectivity index is 2.54. The lowest BCUT2D eigenvalue weighted by molar-refractivity contribution is -0.141. The molecule has 19 heavy (non-hydrogen) atoms. The first-order valence-corrected chi connectivity index (χ1v) is 5.97. The molecular formula is C11H18N4O4. The average molecular weight is 270 g/mol. The number of carbonyl (C=O) groups is 3. The standard InChI is InChI=1S/C11H18N4O4/c1-15-6-7(13-11(15)19)5-8(10(17)18)14-9(16)3-2-4-12/h8H,2-6,12H2,1H3,(H,14,16)(H,17,18)/t8-/m0/s1. The van der Waals surface area contributed by atoms with Gasteiger partial charge in [-0.15, -0.1) is 0 Å². The van der Waals surface area contributed by atoms with Gasteiger partial charge < -0.3 is 21.1 Å². The number of nitrogens with one attached hydrogen (secondary N) is 1. The summed E-state index contributed by atoms with van der Waals surface area (Å²) in [5, 5.41) is 11.4. The number of amides is 3. The molecule has 0 fully saturated rings. The lowest BCUT2D eigenvalue weighted by Crippen LogP contribution is -2.42. The molecule has 0 aromatic rings. The molecule has 0 spiro atoms. The summed E-state index contributed by atoms with van der Waals surface area (Å²) in [6.45, 7) is 0.665. The van der Waals surface area contributed by atoms with Crippen LogP contribution >= 0.6 is 0 Å². The van der Waals surface area contributed by atoms with Gasteiger partial charge in [-0.05, 0) is 13.0 Å². The number of rotatable bonds is 7. The minimum atomic E-state index is -1.15. The van der Waals surface area contributed by atoms with Crippen molar-refractivity contribution in [3.05, 3.63) is 0 Å². The van der Waals surface area contributed by atoms with Crippen molar-refractivity contribution in [2.24, 2.45) is 10.7 Å². The first-order valence-electron chi connectivity index (χ1n) is 5.97. The van der Waals surface area contributed by atoms with Crippen molar-refractivity contribution >= 4 is 23.6 Å². The summed E-state index contributed by atoms with van der Waals surface area (Å²) >= 11 is 0. The Kier molecular flexibility index (Phi) is 5.43. The van der Waals surface area contributed by atoms with E-state index < -0.39 is 18.0 Å². The van der Waals surface area contributed by atoms with Crippen molar-refractivity contribution in [2.75, 3.05) is 20.1 Å². The summed E-state index contributed by atoms with van der Waals surface area (Å²) in [7, 11) is 1.58. The number of carboxylic acid groups (broad SMARTS) is 1. The van der Waals surface area contributed by atoms with Gasteiger partial charge in [0.1, 0.15) is 6.04 Å². The Morgan fingerprint density at radius 2 is 2.26 bits per heavy atom. The molecule has 3 amide bonds. The maximum absolute atomic E-state index is 11.5. The molecule has 0 radical (unpaired) electrons. The Morgan fingerprint density at radius 1 is 1.58 bits per heavy atom. The number of hydrogen-bond acceptors (Lipinski definition) is 4. The van der Waals surface area contributed by atoms with E-state index in [9.17, 15) is 14.4 Å². The number of carbonyl (C=O) groups excluding carboxylic acids is 2. The third kappa shape index (κ3) is 4.66. The summed E-state index contributed by atoms with van der Waals surface area (Å²) in [4.78, 5) is 38.8. The summed E-state index contributed by atoms with van der Waals surface area (Å²) in [5.74, 6) is -1.51. The van der Waals surface area contributed by atoms with Crippen molar-refractivity contribution in [1.82, 2.24) is 10.2 Å². The third-order valence-corrected chi connectivity index (χ3v) is 2.68. The zero-order chi connectivity index (χ0) is 14.4. The molecule has 0 aromatic heterocycles. The van der Waals surface area contributed by atoms with Gasteiger partial charge in [0.25, 0.3) is 0 Å². The molecule has 1 aliphatic rings. The molecule has 0 unspecified atom stereocenters. The molecule has 0 aliphatic carbocycles. The van der Waals surface area contributed by atoms with Gasteiger partial charge in [-0.3, -0.25) is 4.79 Å². The van der Waals surface area contributed by atoms with Crippen molar-refractivity contribution in [2.45, 2.75) is 25.3 Å². The number of hydrogen-bond donors (Lipinski definition) is 3. The second-order valence-corrected chi connectivity index (χ2v) is 4.37. The Morgan fingerprint density at radius 3 is 2.74 bits per heavy atom. The van der Waals surface area contributed by atoms with E-state index in [1.165, 1.54) is 4.90 Å². The van der Waals surface area contributed by atoms with E-state index in [1.807, 2.05) is 0 Å². The van der Waals surface area contributed by atoms with E-state index in [-0.39, 0.29) is 18.7 Å². The Hall–Kier alpha value is -1.96. The SMILES string of the molecule is CN1CC(C[C@H](NC(=O)CCCN)C(=O)O)=NC1=O. The van der Waals surface area contributed by atoms with Crippen LogP contribution in [0.25, 0.3) is 0 Å². The van der Waals surface area contributed by atoms with Gasteiger partial charge in [0, 0.05) is 25.6 Å². The molecule has 1 heterocycles. The van der Waals surface area contributed by atoms with Gasteiger partial charge in [-0.1, -0.05) is 0 Å². The number of urea groups is 1. The van der Waals surface area contributed by atoms with Crippen LogP contribution in [0.5, 0.6) is 0 Å². The molecule has 1 aliphatic heterocycles. The lowest BCUT2D eigenvalue weighted by atomic mass is 10.1. The van der Waals surface area contributed by atoms with Crippen LogP contribution in [0.15, 0.2) is 4.99 Å². The quantitative estimate of drug-likeness (QED) is 0.558. The molecule has 8 nitrogen and oxygen atoms in total. The van der Waals surface area contributed by atoms with E-state index in [2.05, 4.69) is 10.3 Å². The first-order chi connectivity index (χ1) is 8.93. The number of nitrogens with zero attached hydrogens (tertiary/aromatic N) is 2. The monoisotopic (exact) mass is 270 g/mol. The fraction of sp³-hybridized carbons (Fsp3) is 0.636. The van der Waals surface area contributed by atoms with Crippen LogP contribution in [0, 0.1) is 0 Å². The van der Waals surface area contributed by atoms with E-state index in [0.717, 1.165) is 0 Å². The smallest absolute Gasteiger partial charge is 0.343 e. The highest BCUT2D eigenvalue weighted by atomic mass is 16.4. The molecule has 0 saturated heterocycles. The highest BCUT2D eigenvalue weighted by Crippen LogP contribution is 2.07. The third-order valence-electron chi connectivity index (χ3n) is 2.68. The molecule has 0 aromatic carbocycles. The van der Waals surface area contributed by atoms with Crippen molar-refractivity contribution in [1.29, 1.82) is 0 Å². The van der Waals surface area contributed by atoms with E-state index in [1.54, 1.807) is 7.05 Å². The molecule has 0 saturated carbocycles. The van der Waals surface area contributed by atoms with Crippen LogP contribution in [0.4, 0.5) is 4.79 Å². The fourth-order valence-corrected chi connectivity index (χ4v) is 1.67. The molecule has 1 rings (SSSR count). The average Bonchev–Trinajstić information content (AvgIpc) is 2.65. The lowest BCUT2D eigenvalue weighted by Gasteiger charge is -2.14. The normalized spacial score (nSPS) is 16.2. The summed E-state index contributed by atoms with van der Waals surface area (Å²) in [6.07, 6.45) is 0.714. The van der Waals surface area contributed by atoms with E-state index in [4.69, 9.17) is 10.8 Å². The minimum Gasteiger partial charge on any atom is -0.480 e. The van der Waals surface area contributed by atoms with Crippen molar-refractivity contribution in [3.63, 3.8) is 0 Å². The topological polar surface area (TPSA) is 125 Å². The van der Waals surface area contributed by atoms with Gasteiger partial charge in [0.05, 0.1) is 6.54 Å². The number of nitrogens with two attached hydrogens (primary N) is 1. The van der Waals surface area contributed by atoms with Crippen molar-refractivity contribution < 1.29 is 19.5 Å². The summed E-state index contributed by atoms with van der Waals surface area (Å²) in [5.41, 5.74) is 5.73. The van der Waals surface area contributed by atoms with Crippen LogP contribution in [0.2, 0.25) is 0 Å². The fourth-order valence-electron chi connectivity index (χ4n) is 1.67. The van der Waals surface area contributed by atoms with Gasteiger partial charge in [0.15, 0.2) is 0 Å². The molecular weight excluding hydrogens is 252 g/mol. The highest BCUT2D eigenvalue weighted by molar-refractivity contribution is 6.04. The predicted octanol–water partition coefficient (Wildman–Crippen LogP) is -0.809. The number of aliphatic carboxylic acids is 1. The zero-order valence-electron chi connectivity index (χ0n) is 10.8. The van der Waals surface area contributed by atoms with Crippen LogP contribution in [-0.2, 0) is 9.59 Å². The molecule has 8 heteroatoms. The van der Waals surface area contributed by atoms with Crippen LogP contribution in [0.3, 0.4) is 0 Å². The van der Waals surface area contributed by atoms with Crippen molar-refractivity contribution in [3.8, 4) is 0 Å². The van der Waals surface area contributed by atoms with Crippen LogP contribution < -0.4 is 11.1 Å². The predicted molar refractivity (Wildman–Crippen MR) is 67.9 cm³/mol. The number of aliphatic imine (C=N–C) groups is 1. The largest absolute Gasteiger partial charge is 0.480 e. The molecule has 106 valence electrons. The van der Waals surface area contributed by atoms with Gasteiger partial charge >= 0.3 is 12.0 Å². The van der Waals surface area contributed by atoms with Gasteiger partial charge in [-0.2, -0.15) is 0 Å². The molecule has 4 N–H and O–H groups in total. The maximum Gasteiger partial charge on any atom is 0.343 e. The molecule has 0 bridgehead atoms. The zero-order valence-corrected chi connectivity index (χ0v) is 10.8. The molecule has 1 atom stereocenters. The number of carboxylic acids is 1. The van der Waals surface area contributed by atoms with E-state index in [0.29, 0.717) is 25.2 Å².